The van der Waals surface area contributed by atoms with Crippen LogP contribution in [0.1, 0.15) is 24.0 Å². The van der Waals surface area contributed by atoms with E-state index in [0.29, 0.717) is 12.6 Å². The summed E-state index contributed by atoms with van der Waals surface area (Å²) in [6.45, 7) is 0.637. The van der Waals surface area contributed by atoms with Crippen LogP contribution in [0.4, 0.5) is 0 Å². The predicted molar refractivity (Wildman–Crippen MR) is 99.7 cm³/mol. The average Bonchev–Trinajstić information content (AvgIpc) is 3.44. The Bertz CT molecular complexity index is 718. The molecule has 3 rings (SSSR count). The van der Waals surface area contributed by atoms with Crippen LogP contribution in [0.2, 0.25) is 0 Å². The number of nitrogens with zero attached hydrogens (tertiary/aromatic N) is 1. The van der Waals surface area contributed by atoms with Crippen molar-refractivity contribution in [1.82, 2.24) is 4.90 Å². The molecule has 2 aromatic rings. The highest BCUT2D eigenvalue weighted by Gasteiger charge is 2.31. The third-order valence-corrected chi connectivity index (χ3v) is 4.60. The second-order valence-electron chi connectivity index (χ2n) is 5.93. The molecule has 0 heterocycles. The Labute approximate surface area is 151 Å². The van der Waals surface area contributed by atoms with Crippen molar-refractivity contribution < 1.29 is 9.53 Å². The zero-order valence-corrected chi connectivity index (χ0v) is 15.2. The van der Waals surface area contributed by atoms with Crippen LogP contribution in [0.25, 0.3) is 6.08 Å². The Morgan fingerprint density at radius 3 is 2.42 bits per heavy atom. The number of amides is 1. The van der Waals surface area contributed by atoms with E-state index in [2.05, 4.69) is 15.9 Å². The molecule has 0 bridgehead atoms. The first-order chi connectivity index (χ1) is 11.7. The number of benzene rings is 2. The van der Waals surface area contributed by atoms with Crippen LogP contribution in [0.3, 0.4) is 0 Å². The van der Waals surface area contributed by atoms with Crippen molar-refractivity contribution in [2.45, 2.75) is 25.4 Å². The van der Waals surface area contributed by atoms with Crippen LogP contribution in [0.5, 0.6) is 5.75 Å². The molecule has 24 heavy (non-hydrogen) atoms. The zero-order valence-electron chi connectivity index (χ0n) is 13.6. The van der Waals surface area contributed by atoms with Crippen LogP contribution in [0.15, 0.2) is 59.1 Å². The average molecular weight is 386 g/mol. The Morgan fingerprint density at radius 2 is 1.83 bits per heavy atom. The number of hydrogen-bond acceptors (Lipinski definition) is 2. The summed E-state index contributed by atoms with van der Waals surface area (Å²) in [5.41, 5.74) is 2.14. The molecule has 0 N–H and O–H groups in total. The van der Waals surface area contributed by atoms with E-state index >= 15 is 0 Å². The van der Waals surface area contributed by atoms with E-state index in [1.807, 2.05) is 59.5 Å². The Hall–Kier alpha value is -2.07. The molecule has 124 valence electrons. The monoisotopic (exact) mass is 385 g/mol. The van der Waals surface area contributed by atoms with Crippen LogP contribution in [-0.4, -0.2) is 24.0 Å². The lowest BCUT2D eigenvalue weighted by atomic mass is 10.2. The van der Waals surface area contributed by atoms with Crippen LogP contribution < -0.4 is 4.74 Å². The molecule has 1 fully saturated rings. The zero-order chi connectivity index (χ0) is 16.9. The van der Waals surface area contributed by atoms with Gasteiger partial charge in [0.2, 0.25) is 5.91 Å². The SMILES string of the molecule is COc1ccc(CN(C(=O)/C=C/c2ccc(Br)cc2)C2CC2)cc1. The smallest absolute Gasteiger partial charge is 0.247 e. The van der Waals surface area contributed by atoms with Gasteiger partial charge in [0.25, 0.3) is 0 Å². The fraction of sp³-hybridized carbons (Fsp3) is 0.250. The maximum absolute atomic E-state index is 12.6. The quantitative estimate of drug-likeness (QED) is 0.676. The number of halogens is 1. The second kappa shape index (κ2) is 7.67. The summed E-state index contributed by atoms with van der Waals surface area (Å²) in [4.78, 5) is 14.6. The second-order valence-corrected chi connectivity index (χ2v) is 6.85. The summed E-state index contributed by atoms with van der Waals surface area (Å²) in [5, 5.41) is 0. The highest BCUT2D eigenvalue weighted by atomic mass is 79.9. The lowest BCUT2D eigenvalue weighted by Gasteiger charge is -2.21. The van der Waals surface area contributed by atoms with E-state index in [0.717, 1.165) is 34.2 Å². The largest absolute Gasteiger partial charge is 0.497 e. The predicted octanol–water partition coefficient (Wildman–Crippen LogP) is 4.66. The van der Waals surface area contributed by atoms with Gasteiger partial charge >= 0.3 is 0 Å². The van der Waals surface area contributed by atoms with Crippen molar-refractivity contribution in [3.8, 4) is 5.75 Å². The Kier molecular flexibility index (Phi) is 5.36. The minimum absolute atomic E-state index is 0.0660. The summed E-state index contributed by atoms with van der Waals surface area (Å²) in [7, 11) is 1.65. The lowest BCUT2D eigenvalue weighted by molar-refractivity contribution is -0.127. The normalized spacial score (nSPS) is 13.9. The molecule has 0 saturated heterocycles. The van der Waals surface area contributed by atoms with Gasteiger partial charge in [0, 0.05) is 23.1 Å². The highest BCUT2D eigenvalue weighted by molar-refractivity contribution is 9.10. The van der Waals surface area contributed by atoms with Gasteiger partial charge in [0.15, 0.2) is 0 Å². The number of hydrogen-bond donors (Lipinski definition) is 0. The van der Waals surface area contributed by atoms with Crippen molar-refractivity contribution in [2.24, 2.45) is 0 Å². The minimum atomic E-state index is 0.0660. The van der Waals surface area contributed by atoms with Crippen LogP contribution >= 0.6 is 15.9 Å². The Balaban J connectivity index is 1.68. The molecule has 1 saturated carbocycles. The molecule has 1 amide bonds. The standard InChI is InChI=1S/C20H20BrNO2/c1-24-19-11-4-16(5-12-19)14-22(18-9-10-18)20(23)13-6-15-2-7-17(21)8-3-15/h2-8,11-13,18H,9-10,14H2,1H3/b13-6+. The van der Waals surface area contributed by atoms with Crippen LogP contribution in [0, 0.1) is 0 Å². The number of methoxy groups -OCH3 is 1. The van der Waals surface area contributed by atoms with Gasteiger partial charge in [0.05, 0.1) is 7.11 Å². The first-order valence-corrected chi connectivity index (χ1v) is 8.82. The molecule has 0 aliphatic heterocycles. The summed E-state index contributed by atoms with van der Waals surface area (Å²) >= 11 is 3.42. The third-order valence-electron chi connectivity index (χ3n) is 4.07. The Morgan fingerprint density at radius 1 is 1.17 bits per heavy atom. The number of carbonyl (C=O) groups is 1. The molecular weight excluding hydrogens is 366 g/mol. The van der Waals surface area contributed by atoms with E-state index in [-0.39, 0.29) is 5.91 Å². The molecule has 0 unspecified atom stereocenters. The molecule has 0 spiro atoms. The number of carbonyl (C=O) groups excluding carboxylic acids is 1. The van der Waals surface area contributed by atoms with E-state index in [1.165, 1.54) is 0 Å². The fourth-order valence-corrected chi connectivity index (χ4v) is 2.80. The summed E-state index contributed by atoms with van der Waals surface area (Å²) in [6, 6.07) is 16.2. The van der Waals surface area contributed by atoms with Crippen molar-refractivity contribution in [3.63, 3.8) is 0 Å². The maximum atomic E-state index is 12.6. The molecule has 0 radical (unpaired) electrons. The number of ether oxygens (including phenoxy) is 1. The van der Waals surface area contributed by atoms with Gasteiger partial charge in [-0.25, -0.2) is 0 Å². The van der Waals surface area contributed by atoms with Crippen molar-refractivity contribution in [3.05, 3.63) is 70.2 Å². The molecule has 0 atom stereocenters. The maximum Gasteiger partial charge on any atom is 0.247 e. The molecular formula is C20H20BrNO2. The molecule has 3 nitrogen and oxygen atoms in total. The molecule has 2 aromatic carbocycles. The third kappa shape index (κ3) is 4.48. The van der Waals surface area contributed by atoms with E-state index in [9.17, 15) is 4.79 Å². The van der Waals surface area contributed by atoms with E-state index in [1.54, 1.807) is 13.2 Å². The van der Waals surface area contributed by atoms with Gasteiger partial charge in [-0.3, -0.25) is 4.79 Å². The summed E-state index contributed by atoms with van der Waals surface area (Å²) < 4.78 is 6.21. The van der Waals surface area contributed by atoms with Crippen molar-refractivity contribution >= 4 is 27.9 Å². The van der Waals surface area contributed by atoms with Gasteiger partial charge < -0.3 is 9.64 Å². The summed E-state index contributed by atoms with van der Waals surface area (Å²) in [5.74, 6) is 0.898. The van der Waals surface area contributed by atoms with E-state index in [4.69, 9.17) is 4.74 Å². The van der Waals surface area contributed by atoms with Crippen molar-refractivity contribution in [2.75, 3.05) is 7.11 Å². The topological polar surface area (TPSA) is 29.5 Å². The first-order valence-electron chi connectivity index (χ1n) is 8.03. The van der Waals surface area contributed by atoms with Gasteiger partial charge in [0.1, 0.15) is 5.75 Å². The summed E-state index contributed by atoms with van der Waals surface area (Å²) in [6.07, 6.45) is 5.73. The lowest BCUT2D eigenvalue weighted by Crippen LogP contribution is -2.31. The minimum Gasteiger partial charge on any atom is -0.497 e. The molecule has 1 aliphatic rings. The van der Waals surface area contributed by atoms with E-state index < -0.39 is 0 Å². The highest BCUT2D eigenvalue weighted by Crippen LogP contribution is 2.29. The van der Waals surface area contributed by atoms with Crippen LogP contribution in [-0.2, 0) is 11.3 Å². The van der Waals surface area contributed by atoms with Gasteiger partial charge in [-0.15, -0.1) is 0 Å². The molecule has 1 aliphatic carbocycles. The van der Waals surface area contributed by atoms with Crippen molar-refractivity contribution in [1.29, 1.82) is 0 Å². The first kappa shape index (κ1) is 16.8. The number of rotatable bonds is 6. The fourth-order valence-electron chi connectivity index (χ4n) is 2.54. The molecule has 4 heteroatoms. The van der Waals surface area contributed by atoms with Gasteiger partial charge in [-0.2, -0.15) is 0 Å². The van der Waals surface area contributed by atoms with Gasteiger partial charge in [-0.1, -0.05) is 40.2 Å². The van der Waals surface area contributed by atoms with Gasteiger partial charge in [-0.05, 0) is 54.3 Å². The molecule has 0 aromatic heterocycles.